The Balaban J connectivity index is 2.34. The summed E-state index contributed by atoms with van der Waals surface area (Å²) in [7, 11) is -0.893. The first-order valence-electron chi connectivity index (χ1n) is 6.24. The van der Waals surface area contributed by atoms with Crippen LogP contribution in [0.3, 0.4) is 0 Å². The maximum absolute atomic E-state index is 4.27. The number of hydrogen-bond donors (Lipinski definition) is 1. The van der Waals surface area contributed by atoms with Gasteiger partial charge in [-0.2, -0.15) is 0 Å². The van der Waals surface area contributed by atoms with E-state index < -0.39 is 8.07 Å². The summed E-state index contributed by atoms with van der Waals surface area (Å²) in [5.74, 6) is 1.15. The first-order valence-corrected chi connectivity index (χ1v) is 9.07. The highest BCUT2D eigenvalue weighted by Gasteiger charge is 2.25. The minimum absolute atomic E-state index is 0.893. The normalized spacial score (nSPS) is 11.9. The van der Waals surface area contributed by atoms with Gasteiger partial charge in [-0.3, -0.25) is 0 Å². The van der Waals surface area contributed by atoms with Gasteiger partial charge in [-0.1, -0.05) is 44.9 Å². The number of aryl methyl sites for hydroxylation is 1. The molecule has 2 nitrogen and oxygen atoms in total. The maximum atomic E-state index is 4.27. The van der Waals surface area contributed by atoms with Crippen molar-refractivity contribution in [2.75, 3.05) is 0 Å². The van der Waals surface area contributed by atoms with Crippen LogP contribution in [0.5, 0.6) is 0 Å². The van der Waals surface area contributed by atoms with Crippen LogP contribution in [-0.2, 0) is 6.42 Å². The van der Waals surface area contributed by atoms with Crippen LogP contribution < -0.4 is 0 Å². The molecule has 0 saturated heterocycles. The average Bonchev–Trinajstić information content (AvgIpc) is 2.78. The number of hydrogen-bond acceptors (Lipinski definition) is 1. The number of H-pyrrole nitrogens is 1. The molecule has 1 N–H and O–H groups in total. The highest BCUT2D eigenvalue weighted by atomic mass is 28.3. The van der Waals surface area contributed by atoms with Gasteiger partial charge in [0.25, 0.3) is 0 Å². The highest BCUT2D eigenvalue weighted by molar-refractivity contribution is 6.79. The van der Waals surface area contributed by atoms with Crippen molar-refractivity contribution in [1.82, 2.24) is 9.97 Å². The molecule has 15 heavy (non-hydrogen) atoms. The van der Waals surface area contributed by atoms with Crippen LogP contribution in [0.15, 0.2) is 12.4 Å². The van der Waals surface area contributed by atoms with Gasteiger partial charge in [0.15, 0.2) is 0 Å². The number of nitrogens with one attached hydrogen (secondary N) is 1. The Morgan fingerprint density at radius 3 is 2.33 bits per heavy atom. The van der Waals surface area contributed by atoms with Crippen molar-refractivity contribution in [3.05, 3.63) is 18.2 Å². The third kappa shape index (κ3) is 3.49. The van der Waals surface area contributed by atoms with Crippen LogP contribution in [0.4, 0.5) is 0 Å². The van der Waals surface area contributed by atoms with E-state index in [1.54, 1.807) is 0 Å². The van der Waals surface area contributed by atoms with E-state index in [2.05, 4.69) is 30.7 Å². The van der Waals surface area contributed by atoms with Gasteiger partial charge in [0.1, 0.15) is 5.82 Å². The monoisotopic (exact) mass is 224 g/mol. The molecule has 1 heterocycles. The molecule has 0 aliphatic heterocycles. The molecule has 1 aromatic rings. The SMILES string of the molecule is CC[Si](CC)(CC)CCCc1ncc[nH]1. The van der Waals surface area contributed by atoms with E-state index in [9.17, 15) is 0 Å². The fourth-order valence-electron chi connectivity index (χ4n) is 2.35. The Morgan fingerprint density at radius 1 is 1.20 bits per heavy atom. The summed E-state index contributed by atoms with van der Waals surface area (Å²) in [5.41, 5.74) is 0. The zero-order chi connectivity index (χ0) is 11.1. The van der Waals surface area contributed by atoms with Crippen LogP contribution in [0.25, 0.3) is 0 Å². The van der Waals surface area contributed by atoms with Crippen LogP contribution in [0.1, 0.15) is 33.0 Å². The minimum Gasteiger partial charge on any atom is -0.349 e. The third-order valence-electron chi connectivity index (χ3n) is 3.93. The van der Waals surface area contributed by atoms with Crippen LogP contribution in [0, 0.1) is 0 Å². The van der Waals surface area contributed by atoms with Crippen molar-refractivity contribution in [2.24, 2.45) is 0 Å². The summed E-state index contributed by atoms with van der Waals surface area (Å²) in [6, 6.07) is 5.80. The predicted octanol–water partition coefficient (Wildman–Crippen LogP) is 3.85. The van der Waals surface area contributed by atoms with Crippen molar-refractivity contribution in [3.63, 3.8) is 0 Å². The van der Waals surface area contributed by atoms with Crippen LogP contribution >= 0.6 is 0 Å². The van der Waals surface area contributed by atoms with E-state index in [1.807, 2.05) is 12.4 Å². The van der Waals surface area contributed by atoms with Gasteiger partial charge in [-0.05, 0) is 6.42 Å². The Labute approximate surface area is 94.5 Å². The summed E-state index contributed by atoms with van der Waals surface area (Å²) in [5, 5.41) is 0. The minimum atomic E-state index is -0.893. The highest BCUT2D eigenvalue weighted by Crippen LogP contribution is 2.26. The van der Waals surface area contributed by atoms with Gasteiger partial charge in [0, 0.05) is 18.8 Å². The quantitative estimate of drug-likeness (QED) is 0.700. The number of nitrogens with zero attached hydrogens (tertiary/aromatic N) is 1. The predicted molar refractivity (Wildman–Crippen MR) is 68.9 cm³/mol. The molecule has 86 valence electrons. The summed E-state index contributed by atoms with van der Waals surface area (Å²) in [4.78, 5) is 7.45. The lowest BCUT2D eigenvalue weighted by atomic mass is 10.3. The van der Waals surface area contributed by atoms with Crippen LogP contribution in [0.2, 0.25) is 24.2 Å². The molecule has 0 bridgehead atoms. The molecule has 0 fully saturated rings. The molecule has 0 radical (unpaired) electrons. The molecule has 1 rings (SSSR count). The number of imidazole rings is 1. The summed E-state index contributed by atoms with van der Waals surface area (Å²) in [6.07, 6.45) is 6.20. The molecule has 0 amide bonds. The molecular formula is C12H24N2Si. The summed E-state index contributed by atoms with van der Waals surface area (Å²) < 4.78 is 0. The first kappa shape index (κ1) is 12.5. The van der Waals surface area contributed by atoms with Gasteiger partial charge in [-0.15, -0.1) is 0 Å². The molecule has 0 unspecified atom stereocenters. The van der Waals surface area contributed by atoms with Crippen molar-refractivity contribution in [1.29, 1.82) is 0 Å². The van der Waals surface area contributed by atoms with Gasteiger partial charge in [-0.25, -0.2) is 4.98 Å². The molecule has 1 aromatic heterocycles. The van der Waals surface area contributed by atoms with Crippen LogP contribution in [-0.4, -0.2) is 18.0 Å². The summed E-state index contributed by atoms with van der Waals surface area (Å²) in [6.45, 7) is 7.14. The molecule has 0 aliphatic carbocycles. The second kappa shape index (κ2) is 6.11. The lowest BCUT2D eigenvalue weighted by Gasteiger charge is -2.27. The molecular weight excluding hydrogens is 200 g/mol. The van der Waals surface area contributed by atoms with Crippen molar-refractivity contribution in [2.45, 2.75) is 57.8 Å². The molecule has 0 spiro atoms. The lowest BCUT2D eigenvalue weighted by molar-refractivity contribution is 0.832. The molecule has 0 saturated carbocycles. The Morgan fingerprint density at radius 2 is 1.87 bits per heavy atom. The van der Waals surface area contributed by atoms with E-state index in [0.29, 0.717) is 0 Å². The van der Waals surface area contributed by atoms with Crippen molar-refractivity contribution >= 4 is 8.07 Å². The maximum Gasteiger partial charge on any atom is 0.105 e. The zero-order valence-corrected chi connectivity index (χ0v) is 11.3. The Hall–Kier alpha value is -0.573. The molecule has 3 heteroatoms. The van der Waals surface area contributed by atoms with Gasteiger partial charge < -0.3 is 4.98 Å². The molecule has 0 aliphatic rings. The van der Waals surface area contributed by atoms with Gasteiger partial charge in [0.2, 0.25) is 0 Å². The van der Waals surface area contributed by atoms with E-state index in [-0.39, 0.29) is 0 Å². The zero-order valence-electron chi connectivity index (χ0n) is 10.3. The third-order valence-corrected chi connectivity index (χ3v) is 9.84. The fraction of sp³-hybridized carbons (Fsp3) is 0.750. The van der Waals surface area contributed by atoms with E-state index in [0.717, 1.165) is 12.2 Å². The average molecular weight is 224 g/mol. The van der Waals surface area contributed by atoms with Gasteiger partial charge in [0.05, 0.1) is 8.07 Å². The Bertz CT molecular complexity index is 244. The number of aromatic amines is 1. The van der Waals surface area contributed by atoms with Gasteiger partial charge >= 0.3 is 0 Å². The van der Waals surface area contributed by atoms with Crippen molar-refractivity contribution in [3.8, 4) is 0 Å². The fourth-order valence-corrected chi connectivity index (χ4v) is 5.83. The second-order valence-electron chi connectivity index (χ2n) is 4.45. The second-order valence-corrected chi connectivity index (χ2v) is 10.1. The van der Waals surface area contributed by atoms with E-state index in [4.69, 9.17) is 0 Å². The lowest BCUT2D eigenvalue weighted by Crippen LogP contribution is -2.30. The molecule has 0 atom stereocenters. The van der Waals surface area contributed by atoms with E-state index in [1.165, 1.54) is 30.6 Å². The largest absolute Gasteiger partial charge is 0.349 e. The van der Waals surface area contributed by atoms with Crippen molar-refractivity contribution < 1.29 is 0 Å². The number of aromatic nitrogens is 2. The molecule has 0 aromatic carbocycles. The standard InChI is InChI=1S/C12H24N2Si/c1-4-15(5-2,6-3)11-7-8-12-13-9-10-14-12/h9-10H,4-8,11H2,1-3H3,(H,13,14). The van der Waals surface area contributed by atoms with E-state index >= 15 is 0 Å². The topological polar surface area (TPSA) is 28.7 Å². The smallest absolute Gasteiger partial charge is 0.105 e. The Kier molecular flexibility index (Phi) is 5.09. The summed E-state index contributed by atoms with van der Waals surface area (Å²) >= 11 is 0. The number of rotatable bonds is 7. The first-order chi connectivity index (χ1) is 7.26.